The summed E-state index contributed by atoms with van der Waals surface area (Å²) < 4.78 is 0. The van der Waals surface area contributed by atoms with Crippen LogP contribution in [0.15, 0.2) is 54.6 Å². The van der Waals surface area contributed by atoms with Gasteiger partial charge in [0.15, 0.2) is 0 Å². The molecule has 0 aliphatic rings. The number of aromatic nitrogens is 1. The summed E-state index contributed by atoms with van der Waals surface area (Å²) in [5.41, 5.74) is 3.73. The number of aryl methyl sites for hydroxylation is 1. The molecule has 0 spiro atoms. The lowest BCUT2D eigenvalue weighted by molar-refractivity contribution is 1.49. The summed E-state index contributed by atoms with van der Waals surface area (Å²) in [6.45, 7) is 2.14. The Hall–Kier alpha value is -2.28. The predicted octanol–water partition coefficient (Wildman–Crippen LogP) is 4.78. The largest absolute Gasteiger partial charge is 0.354 e. The Morgan fingerprint density at radius 3 is 2.28 bits per heavy atom. The monoisotopic (exact) mass is 231 g/mol. The van der Waals surface area contributed by atoms with E-state index in [1.165, 1.54) is 38.1 Å². The molecule has 0 unspecified atom stereocenters. The summed E-state index contributed by atoms with van der Waals surface area (Å²) in [5.74, 6) is 0. The third kappa shape index (κ3) is 1.28. The Labute approximate surface area is 105 Å². The van der Waals surface area contributed by atoms with Gasteiger partial charge in [-0.1, -0.05) is 35.9 Å². The van der Waals surface area contributed by atoms with Crippen molar-refractivity contribution in [3.63, 3.8) is 0 Å². The van der Waals surface area contributed by atoms with Gasteiger partial charge in [-0.05, 0) is 42.0 Å². The van der Waals surface area contributed by atoms with Crippen molar-refractivity contribution in [2.45, 2.75) is 6.92 Å². The zero-order chi connectivity index (χ0) is 12.1. The molecule has 0 aliphatic carbocycles. The summed E-state index contributed by atoms with van der Waals surface area (Å²) in [6.07, 6.45) is 0. The average molecular weight is 231 g/mol. The fraction of sp³-hybridized carbons (Fsp3) is 0.0588. The molecule has 0 saturated carbocycles. The van der Waals surface area contributed by atoms with Gasteiger partial charge in [0.25, 0.3) is 0 Å². The predicted molar refractivity (Wildman–Crippen MR) is 78.0 cm³/mol. The molecule has 1 heteroatoms. The van der Waals surface area contributed by atoms with Gasteiger partial charge in [-0.2, -0.15) is 0 Å². The standard InChI is InChI=1S/C17H13N/c1-11-6-7-16-14(8-11)15-9-12-4-2-3-5-13(12)10-17(15)18-16/h2-10,18H,1H3. The topological polar surface area (TPSA) is 15.8 Å². The second-order valence-electron chi connectivity index (χ2n) is 4.92. The highest BCUT2D eigenvalue weighted by Crippen LogP contribution is 2.29. The zero-order valence-corrected chi connectivity index (χ0v) is 10.2. The summed E-state index contributed by atoms with van der Waals surface area (Å²) >= 11 is 0. The zero-order valence-electron chi connectivity index (χ0n) is 10.2. The summed E-state index contributed by atoms with van der Waals surface area (Å²) in [4.78, 5) is 3.50. The van der Waals surface area contributed by atoms with Crippen LogP contribution in [0.2, 0.25) is 0 Å². The van der Waals surface area contributed by atoms with Crippen molar-refractivity contribution in [2.75, 3.05) is 0 Å². The fourth-order valence-corrected chi connectivity index (χ4v) is 2.70. The van der Waals surface area contributed by atoms with E-state index in [4.69, 9.17) is 0 Å². The van der Waals surface area contributed by atoms with Crippen molar-refractivity contribution in [2.24, 2.45) is 0 Å². The van der Waals surface area contributed by atoms with Crippen LogP contribution >= 0.6 is 0 Å². The lowest BCUT2D eigenvalue weighted by Crippen LogP contribution is -1.73. The number of hydrogen-bond acceptors (Lipinski definition) is 0. The number of rotatable bonds is 0. The minimum Gasteiger partial charge on any atom is -0.354 e. The van der Waals surface area contributed by atoms with Gasteiger partial charge < -0.3 is 4.98 Å². The molecule has 3 aromatic carbocycles. The van der Waals surface area contributed by atoms with E-state index < -0.39 is 0 Å². The Balaban J connectivity index is 2.25. The van der Waals surface area contributed by atoms with Gasteiger partial charge >= 0.3 is 0 Å². The van der Waals surface area contributed by atoms with Crippen molar-refractivity contribution in [3.05, 3.63) is 60.2 Å². The number of aromatic amines is 1. The van der Waals surface area contributed by atoms with Crippen LogP contribution in [0.1, 0.15) is 5.56 Å². The van der Waals surface area contributed by atoms with E-state index >= 15 is 0 Å². The lowest BCUT2D eigenvalue weighted by Gasteiger charge is -1.98. The Morgan fingerprint density at radius 1 is 0.722 bits per heavy atom. The van der Waals surface area contributed by atoms with E-state index in [9.17, 15) is 0 Å². The van der Waals surface area contributed by atoms with Crippen LogP contribution in [-0.2, 0) is 0 Å². The SMILES string of the molecule is Cc1ccc2[nH]c3cc4ccccc4cc3c2c1. The van der Waals surface area contributed by atoms with E-state index in [0.29, 0.717) is 0 Å². The van der Waals surface area contributed by atoms with E-state index in [0.717, 1.165) is 0 Å². The van der Waals surface area contributed by atoms with Crippen molar-refractivity contribution in [1.82, 2.24) is 4.98 Å². The van der Waals surface area contributed by atoms with Crippen LogP contribution in [0.4, 0.5) is 0 Å². The first-order valence-electron chi connectivity index (χ1n) is 6.22. The minimum absolute atomic E-state index is 1.21. The third-order valence-electron chi connectivity index (χ3n) is 3.62. The van der Waals surface area contributed by atoms with Crippen LogP contribution in [-0.4, -0.2) is 4.98 Å². The summed E-state index contributed by atoms with van der Waals surface area (Å²) in [6, 6.07) is 19.6. The van der Waals surface area contributed by atoms with E-state index in [1.807, 2.05) is 0 Å². The molecule has 1 N–H and O–H groups in total. The number of hydrogen-bond donors (Lipinski definition) is 1. The molecule has 1 heterocycles. The van der Waals surface area contributed by atoms with Crippen LogP contribution in [0.25, 0.3) is 32.6 Å². The van der Waals surface area contributed by atoms with E-state index in [2.05, 4.69) is 66.5 Å². The molecular weight excluding hydrogens is 218 g/mol. The molecule has 4 aromatic rings. The Morgan fingerprint density at radius 2 is 1.44 bits per heavy atom. The first kappa shape index (κ1) is 9.72. The van der Waals surface area contributed by atoms with Gasteiger partial charge in [-0.25, -0.2) is 0 Å². The van der Waals surface area contributed by atoms with Crippen LogP contribution in [0.5, 0.6) is 0 Å². The minimum atomic E-state index is 1.21. The van der Waals surface area contributed by atoms with Gasteiger partial charge in [-0.3, -0.25) is 0 Å². The first-order valence-corrected chi connectivity index (χ1v) is 6.22. The first-order chi connectivity index (χ1) is 8.81. The number of H-pyrrole nitrogens is 1. The van der Waals surface area contributed by atoms with Crippen molar-refractivity contribution >= 4 is 32.6 Å². The van der Waals surface area contributed by atoms with Crippen molar-refractivity contribution < 1.29 is 0 Å². The van der Waals surface area contributed by atoms with Crippen molar-refractivity contribution in [3.8, 4) is 0 Å². The fourth-order valence-electron chi connectivity index (χ4n) is 2.70. The van der Waals surface area contributed by atoms with Gasteiger partial charge in [0, 0.05) is 21.8 Å². The summed E-state index contributed by atoms with van der Waals surface area (Å²) in [7, 11) is 0. The van der Waals surface area contributed by atoms with Gasteiger partial charge in [0.05, 0.1) is 0 Å². The average Bonchev–Trinajstić information content (AvgIpc) is 2.73. The highest BCUT2D eigenvalue weighted by Gasteiger charge is 2.05. The summed E-state index contributed by atoms with van der Waals surface area (Å²) in [5, 5.41) is 5.21. The van der Waals surface area contributed by atoms with Gasteiger partial charge in [-0.15, -0.1) is 0 Å². The molecule has 0 aliphatic heterocycles. The Bertz CT molecular complexity index is 884. The van der Waals surface area contributed by atoms with Crippen molar-refractivity contribution in [1.29, 1.82) is 0 Å². The quantitative estimate of drug-likeness (QED) is 0.448. The van der Waals surface area contributed by atoms with E-state index in [-0.39, 0.29) is 0 Å². The molecule has 4 rings (SSSR count). The molecule has 86 valence electrons. The number of nitrogens with one attached hydrogen (secondary N) is 1. The molecule has 0 bridgehead atoms. The van der Waals surface area contributed by atoms with Crippen LogP contribution in [0, 0.1) is 6.92 Å². The number of fused-ring (bicyclic) bond motifs is 4. The second-order valence-corrected chi connectivity index (χ2v) is 4.92. The maximum atomic E-state index is 3.50. The molecule has 0 saturated heterocycles. The van der Waals surface area contributed by atoms with E-state index in [1.54, 1.807) is 0 Å². The molecule has 0 radical (unpaired) electrons. The smallest absolute Gasteiger partial charge is 0.0471 e. The maximum absolute atomic E-state index is 3.50. The van der Waals surface area contributed by atoms with Gasteiger partial charge in [0.2, 0.25) is 0 Å². The molecule has 18 heavy (non-hydrogen) atoms. The normalized spacial score (nSPS) is 11.6. The molecule has 0 fully saturated rings. The molecule has 1 aromatic heterocycles. The number of benzene rings is 3. The molecular formula is C17H13N. The molecule has 1 nitrogen and oxygen atoms in total. The molecule has 0 atom stereocenters. The Kier molecular flexibility index (Phi) is 1.81. The highest BCUT2D eigenvalue weighted by molar-refractivity contribution is 6.12. The maximum Gasteiger partial charge on any atom is 0.0471 e. The van der Waals surface area contributed by atoms with Crippen LogP contribution in [0.3, 0.4) is 0 Å². The highest BCUT2D eigenvalue weighted by atomic mass is 14.7. The lowest BCUT2D eigenvalue weighted by atomic mass is 10.1. The second kappa shape index (κ2) is 3.36. The van der Waals surface area contributed by atoms with Gasteiger partial charge in [0.1, 0.15) is 0 Å². The molecule has 0 amide bonds. The van der Waals surface area contributed by atoms with Crippen LogP contribution < -0.4 is 0 Å². The third-order valence-corrected chi connectivity index (χ3v) is 3.62.